The molecule has 1 amide bonds. The van der Waals surface area contributed by atoms with Crippen molar-refractivity contribution < 1.29 is 14.3 Å². The van der Waals surface area contributed by atoms with Crippen molar-refractivity contribution in [2.75, 3.05) is 12.4 Å². The Balaban J connectivity index is 2.09. The summed E-state index contributed by atoms with van der Waals surface area (Å²) in [5, 5.41) is 11.9. The lowest BCUT2D eigenvalue weighted by Gasteiger charge is -2.15. The minimum atomic E-state index is -0.277. The molecule has 0 fully saturated rings. The first kappa shape index (κ1) is 20.3. The van der Waals surface area contributed by atoms with Crippen LogP contribution in [0.15, 0.2) is 42.5 Å². The fraction of sp³-hybridized carbons (Fsp3) is 0.238. The minimum absolute atomic E-state index is 0.0388. The van der Waals surface area contributed by atoms with Crippen LogP contribution in [0.1, 0.15) is 25.0 Å². The summed E-state index contributed by atoms with van der Waals surface area (Å²) in [4.78, 5) is 12.1. The molecule has 0 aliphatic rings. The molecule has 1 N–H and O–H groups in total. The second-order valence-corrected chi connectivity index (χ2v) is 6.46. The Morgan fingerprint density at radius 2 is 2.00 bits per heavy atom. The first-order valence-corrected chi connectivity index (χ1v) is 8.80. The Labute approximate surface area is 164 Å². The number of carbonyl (C=O) groups excluding carboxylic acids is 1. The van der Waals surface area contributed by atoms with Crippen LogP contribution in [0.3, 0.4) is 0 Å². The third kappa shape index (κ3) is 6.05. The molecule has 0 saturated carbocycles. The fourth-order valence-electron chi connectivity index (χ4n) is 2.34. The van der Waals surface area contributed by atoms with Crippen LogP contribution in [0, 0.1) is 11.3 Å². The number of anilines is 1. The van der Waals surface area contributed by atoms with Crippen molar-refractivity contribution in [2.24, 2.45) is 0 Å². The lowest BCUT2D eigenvalue weighted by molar-refractivity contribution is -0.111. The van der Waals surface area contributed by atoms with Crippen LogP contribution in [-0.2, 0) is 11.2 Å². The summed E-state index contributed by atoms with van der Waals surface area (Å²) in [5.41, 5.74) is 2.27. The van der Waals surface area contributed by atoms with Crippen molar-refractivity contribution in [3.63, 3.8) is 0 Å². The number of ether oxygens (including phenoxy) is 2. The molecule has 140 valence electrons. The summed E-state index contributed by atoms with van der Waals surface area (Å²) >= 11 is 6.28. The second-order valence-electron chi connectivity index (χ2n) is 6.06. The largest absolute Gasteiger partial charge is 0.493 e. The van der Waals surface area contributed by atoms with Crippen LogP contribution in [0.4, 0.5) is 5.69 Å². The molecule has 2 rings (SSSR count). The van der Waals surface area contributed by atoms with Gasteiger partial charge in [-0.25, -0.2) is 0 Å². The number of nitriles is 1. The number of nitrogens with one attached hydrogen (secondary N) is 1. The predicted molar refractivity (Wildman–Crippen MR) is 107 cm³/mol. The maximum atomic E-state index is 12.1. The van der Waals surface area contributed by atoms with Gasteiger partial charge in [-0.15, -0.1) is 0 Å². The molecule has 0 aliphatic heterocycles. The van der Waals surface area contributed by atoms with Crippen LogP contribution in [-0.4, -0.2) is 19.1 Å². The van der Waals surface area contributed by atoms with Gasteiger partial charge in [-0.2, -0.15) is 5.26 Å². The molecule has 0 radical (unpaired) electrons. The van der Waals surface area contributed by atoms with E-state index in [2.05, 4.69) is 11.4 Å². The van der Waals surface area contributed by atoms with E-state index >= 15 is 0 Å². The summed E-state index contributed by atoms with van der Waals surface area (Å²) < 4.78 is 11.0. The van der Waals surface area contributed by atoms with Gasteiger partial charge >= 0.3 is 0 Å². The average Bonchev–Trinajstić information content (AvgIpc) is 2.63. The molecule has 0 aromatic heterocycles. The van der Waals surface area contributed by atoms with Gasteiger partial charge in [0, 0.05) is 11.8 Å². The van der Waals surface area contributed by atoms with E-state index in [4.69, 9.17) is 26.3 Å². The Hall–Kier alpha value is -2.97. The van der Waals surface area contributed by atoms with Gasteiger partial charge in [-0.1, -0.05) is 23.7 Å². The van der Waals surface area contributed by atoms with Crippen LogP contribution in [0.5, 0.6) is 11.5 Å². The Morgan fingerprint density at radius 1 is 1.30 bits per heavy atom. The van der Waals surface area contributed by atoms with Crippen molar-refractivity contribution in [2.45, 2.75) is 26.4 Å². The van der Waals surface area contributed by atoms with E-state index in [-0.39, 0.29) is 12.0 Å². The van der Waals surface area contributed by atoms with Crippen LogP contribution < -0.4 is 14.8 Å². The molecule has 0 atom stereocenters. The molecule has 2 aromatic carbocycles. The summed E-state index contributed by atoms with van der Waals surface area (Å²) in [6.45, 7) is 3.81. The van der Waals surface area contributed by atoms with E-state index in [1.807, 2.05) is 13.8 Å². The summed E-state index contributed by atoms with van der Waals surface area (Å²) in [7, 11) is 1.54. The molecule has 0 aliphatic carbocycles. The van der Waals surface area contributed by atoms with E-state index in [1.165, 1.54) is 13.2 Å². The number of hydrogen-bond acceptors (Lipinski definition) is 4. The number of amides is 1. The van der Waals surface area contributed by atoms with Crippen molar-refractivity contribution >= 4 is 29.3 Å². The first-order valence-electron chi connectivity index (χ1n) is 8.42. The molecular formula is C21H21ClN2O3. The quantitative estimate of drug-likeness (QED) is 0.692. The summed E-state index contributed by atoms with van der Waals surface area (Å²) in [6.07, 6.45) is 3.36. The summed E-state index contributed by atoms with van der Waals surface area (Å²) in [6, 6.07) is 12.7. The van der Waals surface area contributed by atoms with Crippen molar-refractivity contribution in [1.29, 1.82) is 5.26 Å². The lowest BCUT2D eigenvalue weighted by atomic mass is 10.1. The molecule has 27 heavy (non-hydrogen) atoms. The van der Waals surface area contributed by atoms with Gasteiger partial charge in [0.05, 0.1) is 30.7 Å². The fourth-order valence-corrected chi connectivity index (χ4v) is 2.60. The maximum absolute atomic E-state index is 12.1. The SMILES string of the molecule is COc1cc(C=CC(=O)Nc2ccc(CC#N)cc2)cc(Cl)c1OC(C)C. The molecule has 0 saturated heterocycles. The normalized spacial score (nSPS) is 10.7. The van der Waals surface area contributed by atoms with E-state index in [0.717, 1.165) is 5.56 Å². The number of nitrogens with zero attached hydrogens (tertiary/aromatic N) is 1. The average molecular weight is 385 g/mol. The molecule has 0 unspecified atom stereocenters. The topological polar surface area (TPSA) is 71.3 Å². The Kier molecular flexibility index (Phi) is 7.27. The maximum Gasteiger partial charge on any atom is 0.248 e. The standard InChI is InChI=1S/C21H21ClN2O3/c1-14(2)27-21-18(22)12-16(13-19(21)26-3)6-9-20(25)24-17-7-4-15(5-8-17)10-11-23/h4-9,12-14H,10H2,1-3H3,(H,24,25). The minimum Gasteiger partial charge on any atom is -0.493 e. The highest BCUT2D eigenvalue weighted by atomic mass is 35.5. The van der Waals surface area contributed by atoms with Gasteiger partial charge in [0.2, 0.25) is 5.91 Å². The van der Waals surface area contributed by atoms with E-state index in [1.54, 1.807) is 42.5 Å². The lowest BCUT2D eigenvalue weighted by Crippen LogP contribution is -2.08. The molecule has 2 aromatic rings. The number of methoxy groups -OCH3 is 1. The zero-order valence-electron chi connectivity index (χ0n) is 15.5. The highest BCUT2D eigenvalue weighted by Gasteiger charge is 2.12. The molecular weight excluding hydrogens is 364 g/mol. The van der Waals surface area contributed by atoms with Crippen LogP contribution in [0.25, 0.3) is 6.08 Å². The molecule has 0 heterocycles. The Bertz CT molecular complexity index is 868. The zero-order valence-corrected chi connectivity index (χ0v) is 16.2. The monoisotopic (exact) mass is 384 g/mol. The van der Waals surface area contributed by atoms with E-state index in [0.29, 0.717) is 34.2 Å². The number of hydrogen-bond donors (Lipinski definition) is 1. The first-order chi connectivity index (χ1) is 12.9. The van der Waals surface area contributed by atoms with E-state index in [9.17, 15) is 4.79 Å². The van der Waals surface area contributed by atoms with Gasteiger partial charge in [0.15, 0.2) is 11.5 Å². The third-order valence-electron chi connectivity index (χ3n) is 3.54. The third-order valence-corrected chi connectivity index (χ3v) is 3.82. The van der Waals surface area contributed by atoms with Gasteiger partial charge in [0.1, 0.15) is 0 Å². The molecule has 5 nitrogen and oxygen atoms in total. The van der Waals surface area contributed by atoms with Crippen LogP contribution >= 0.6 is 11.6 Å². The number of rotatable bonds is 7. The van der Waals surface area contributed by atoms with Gasteiger partial charge in [-0.3, -0.25) is 4.79 Å². The van der Waals surface area contributed by atoms with Crippen LogP contribution in [0.2, 0.25) is 5.02 Å². The molecule has 0 bridgehead atoms. The molecule has 0 spiro atoms. The van der Waals surface area contributed by atoms with Gasteiger partial charge in [0.25, 0.3) is 0 Å². The number of benzene rings is 2. The smallest absolute Gasteiger partial charge is 0.248 e. The van der Waals surface area contributed by atoms with E-state index < -0.39 is 0 Å². The highest BCUT2D eigenvalue weighted by molar-refractivity contribution is 6.32. The second kappa shape index (κ2) is 9.65. The zero-order chi connectivity index (χ0) is 19.8. The highest BCUT2D eigenvalue weighted by Crippen LogP contribution is 2.37. The Morgan fingerprint density at radius 3 is 2.59 bits per heavy atom. The van der Waals surface area contributed by atoms with Crippen molar-refractivity contribution in [1.82, 2.24) is 0 Å². The summed E-state index contributed by atoms with van der Waals surface area (Å²) in [5.74, 6) is 0.707. The number of carbonyl (C=O) groups is 1. The van der Waals surface area contributed by atoms with Crippen molar-refractivity contribution in [3.8, 4) is 17.6 Å². The predicted octanol–water partition coefficient (Wildman–Crippen LogP) is 4.85. The number of halogens is 1. The van der Waals surface area contributed by atoms with Gasteiger partial charge in [-0.05, 0) is 55.3 Å². The molecule has 6 heteroatoms. The van der Waals surface area contributed by atoms with Gasteiger partial charge < -0.3 is 14.8 Å². The van der Waals surface area contributed by atoms with Crippen molar-refractivity contribution in [3.05, 3.63) is 58.6 Å².